The van der Waals surface area contributed by atoms with Gasteiger partial charge in [0.2, 0.25) is 0 Å². The summed E-state index contributed by atoms with van der Waals surface area (Å²) in [6.45, 7) is 0.250. The number of hydrogen-bond donors (Lipinski definition) is 1. The van der Waals surface area contributed by atoms with Crippen molar-refractivity contribution in [2.45, 2.75) is 88.0 Å². The fraction of sp³-hybridized carbons (Fsp3) is 0.905. The topological polar surface area (TPSA) is 116 Å². The Morgan fingerprint density at radius 2 is 1.41 bits per heavy atom. The van der Waals surface area contributed by atoms with Crippen LogP contribution in [0.1, 0.15) is 58.8 Å². The van der Waals surface area contributed by atoms with Gasteiger partial charge in [-0.1, -0.05) is 0 Å². The van der Waals surface area contributed by atoms with Gasteiger partial charge in [0.05, 0.1) is 18.1 Å². The molecular formula is C21H27F7O8S. The molecule has 0 amide bonds. The minimum Gasteiger partial charge on any atom is -0.458 e. The Morgan fingerprint density at radius 3 is 1.78 bits per heavy atom. The average molecular weight is 572 g/mol. The third-order valence-corrected chi connectivity index (χ3v) is 8.11. The molecule has 37 heavy (non-hydrogen) atoms. The van der Waals surface area contributed by atoms with E-state index in [1.165, 1.54) is 0 Å². The normalized spacial score (nSPS) is 29.8. The molecular weight excluding hydrogens is 545 g/mol. The zero-order valence-electron chi connectivity index (χ0n) is 19.8. The van der Waals surface area contributed by atoms with Gasteiger partial charge >= 0.3 is 45.2 Å². The molecule has 4 bridgehead atoms. The maximum absolute atomic E-state index is 14.3. The Labute approximate surface area is 207 Å². The van der Waals surface area contributed by atoms with E-state index in [0.29, 0.717) is 0 Å². The number of rotatable bonds is 10. The van der Waals surface area contributed by atoms with Crippen molar-refractivity contribution < 1.29 is 67.5 Å². The maximum Gasteiger partial charge on any atom is 0.468 e. The van der Waals surface area contributed by atoms with Crippen molar-refractivity contribution in [1.29, 1.82) is 0 Å². The number of esters is 2. The lowest BCUT2D eigenvalue weighted by Crippen LogP contribution is -2.61. The van der Waals surface area contributed by atoms with E-state index in [1.807, 2.05) is 0 Å². The van der Waals surface area contributed by atoms with Crippen LogP contribution in [0.2, 0.25) is 0 Å². The minimum atomic E-state index is -6.67. The van der Waals surface area contributed by atoms with E-state index >= 15 is 0 Å². The summed E-state index contributed by atoms with van der Waals surface area (Å²) in [6.07, 6.45) is -6.56. The first-order chi connectivity index (χ1) is 16.7. The molecule has 0 aromatic carbocycles. The molecule has 0 saturated heterocycles. The largest absolute Gasteiger partial charge is 0.468 e. The van der Waals surface area contributed by atoms with Crippen molar-refractivity contribution >= 4 is 22.1 Å². The van der Waals surface area contributed by atoms with Crippen LogP contribution in [-0.4, -0.2) is 60.8 Å². The van der Waals surface area contributed by atoms with Crippen LogP contribution < -0.4 is 0 Å². The third kappa shape index (κ3) is 5.42. The summed E-state index contributed by atoms with van der Waals surface area (Å²) >= 11 is 0. The van der Waals surface area contributed by atoms with Crippen LogP contribution in [0.25, 0.3) is 0 Å². The first kappa shape index (κ1) is 29.9. The quantitative estimate of drug-likeness (QED) is 0.176. The fourth-order valence-corrected chi connectivity index (χ4v) is 6.41. The van der Waals surface area contributed by atoms with Gasteiger partial charge in [-0.2, -0.15) is 39.2 Å². The Morgan fingerprint density at radius 1 is 0.946 bits per heavy atom. The van der Waals surface area contributed by atoms with Gasteiger partial charge in [-0.25, -0.2) is 4.79 Å². The van der Waals surface area contributed by atoms with Gasteiger partial charge in [0.25, 0.3) is 0 Å². The number of hydrogen-bond acceptors (Lipinski definition) is 7. The van der Waals surface area contributed by atoms with Gasteiger partial charge in [-0.15, -0.1) is 0 Å². The molecule has 0 spiro atoms. The average Bonchev–Trinajstić information content (AvgIpc) is 2.69. The molecule has 1 N–H and O–H groups in total. The van der Waals surface area contributed by atoms with Gasteiger partial charge in [0.15, 0.2) is 0 Å². The molecule has 4 aliphatic carbocycles. The van der Waals surface area contributed by atoms with Gasteiger partial charge in [0.1, 0.15) is 0 Å². The van der Waals surface area contributed by atoms with Crippen molar-refractivity contribution in [1.82, 2.24) is 0 Å². The Kier molecular flexibility index (Phi) is 7.67. The minimum absolute atomic E-state index is 0.0592. The van der Waals surface area contributed by atoms with Crippen LogP contribution in [0.4, 0.5) is 30.7 Å². The van der Waals surface area contributed by atoms with Crippen LogP contribution in [0.15, 0.2) is 0 Å². The number of carbonyl (C=O) groups is 2. The predicted octanol–water partition coefficient (Wildman–Crippen LogP) is 4.48. The van der Waals surface area contributed by atoms with E-state index in [0.717, 1.165) is 33.1 Å². The lowest BCUT2D eigenvalue weighted by atomic mass is 9.49. The van der Waals surface area contributed by atoms with Gasteiger partial charge in [0, 0.05) is 6.42 Å². The second kappa shape index (κ2) is 9.50. The standard InChI is InChI=1S/C21H27F7O8S/c1-11(2)35-16(30)19(20(24,25)26,34-4-3-18(22,23)21(27,28)37(31,32)33)36-15(29)17-8-12-5-13(9-17)7-14(6-12)10-17/h11-14H,3-10H2,1-2H3,(H,31,32,33). The fourth-order valence-electron chi connectivity index (χ4n) is 5.93. The molecule has 8 nitrogen and oxygen atoms in total. The number of ether oxygens (including phenoxy) is 3. The summed E-state index contributed by atoms with van der Waals surface area (Å²) in [5.74, 6) is -13.8. The highest BCUT2D eigenvalue weighted by atomic mass is 32.2. The Hall–Kier alpha value is -1.68. The summed E-state index contributed by atoms with van der Waals surface area (Å²) in [5, 5.41) is -6.08. The van der Waals surface area contributed by atoms with E-state index in [9.17, 15) is 48.7 Å². The molecule has 4 aliphatic rings. The van der Waals surface area contributed by atoms with Crippen LogP contribution in [0, 0.1) is 23.2 Å². The van der Waals surface area contributed by atoms with Crippen molar-refractivity contribution in [3.05, 3.63) is 0 Å². The molecule has 4 rings (SSSR count). The lowest BCUT2D eigenvalue weighted by molar-refractivity contribution is -0.362. The first-order valence-corrected chi connectivity index (χ1v) is 13.0. The zero-order chi connectivity index (χ0) is 28.2. The zero-order valence-corrected chi connectivity index (χ0v) is 20.6. The molecule has 1 unspecified atom stereocenters. The molecule has 214 valence electrons. The summed E-state index contributed by atoms with van der Waals surface area (Å²) in [6, 6.07) is 0. The van der Waals surface area contributed by atoms with Crippen molar-refractivity contribution in [3.8, 4) is 0 Å². The smallest absolute Gasteiger partial charge is 0.458 e. The highest BCUT2D eigenvalue weighted by molar-refractivity contribution is 7.87. The van der Waals surface area contributed by atoms with E-state index in [4.69, 9.17) is 4.55 Å². The second-order valence-corrected chi connectivity index (χ2v) is 11.9. The summed E-state index contributed by atoms with van der Waals surface area (Å²) < 4.78 is 141. The van der Waals surface area contributed by atoms with Gasteiger partial charge in [-0.3, -0.25) is 9.35 Å². The molecule has 1 atom stereocenters. The summed E-state index contributed by atoms with van der Waals surface area (Å²) in [4.78, 5) is 25.8. The van der Waals surface area contributed by atoms with E-state index < -0.39 is 69.7 Å². The summed E-state index contributed by atoms with van der Waals surface area (Å²) in [7, 11) is -6.67. The van der Waals surface area contributed by atoms with Crippen molar-refractivity contribution in [2.75, 3.05) is 6.61 Å². The highest BCUT2D eigenvalue weighted by Crippen LogP contribution is 2.61. The van der Waals surface area contributed by atoms with Crippen molar-refractivity contribution in [2.24, 2.45) is 23.2 Å². The van der Waals surface area contributed by atoms with Crippen LogP contribution in [-0.2, 0) is 33.9 Å². The molecule has 16 heteroatoms. The lowest BCUT2D eigenvalue weighted by Gasteiger charge is -2.55. The van der Waals surface area contributed by atoms with Gasteiger partial charge in [-0.05, 0) is 70.1 Å². The molecule has 0 heterocycles. The number of carbonyl (C=O) groups excluding carboxylic acids is 2. The number of alkyl halides is 7. The summed E-state index contributed by atoms with van der Waals surface area (Å²) in [5.41, 5.74) is -1.37. The van der Waals surface area contributed by atoms with E-state index in [-0.39, 0.29) is 37.0 Å². The Balaban J connectivity index is 1.91. The van der Waals surface area contributed by atoms with Crippen molar-refractivity contribution in [3.63, 3.8) is 0 Å². The number of halogens is 7. The highest BCUT2D eigenvalue weighted by Gasteiger charge is 2.71. The molecule has 0 aromatic heterocycles. The van der Waals surface area contributed by atoms with Crippen LogP contribution >= 0.6 is 0 Å². The van der Waals surface area contributed by atoms with E-state index in [2.05, 4.69) is 14.2 Å². The second-order valence-electron chi connectivity index (χ2n) is 10.5. The first-order valence-electron chi connectivity index (χ1n) is 11.5. The van der Waals surface area contributed by atoms with E-state index in [1.54, 1.807) is 0 Å². The van der Waals surface area contributed by atoms with Crippen LogP contribution in [0.3, 0.4) is 0 Å². The Bertz CT molecular complexity index is 976. The third-order valence-electron chi connectivity index (χ3n) is 7.16. The monoisotopic (exact) mass is 572 g/mol. The molecule has 0 aromatic rings. The predicted molar refractivity (Wildman–Crippen MR) is 109 cm³/mol. The molecule has 4 fully saturated rings. The molecule has 4 saturated carbocycles. The van der Waals surface area contributed by atoms with Crippen LogP contribution in [0.5, 0.6) is 0 Å². The molecule has 0 radical (unpaired) electrons. The SMILES string of the molecule is CC(C)OC(=O)C(OCCC(F)(F)C(F)(F)S(=O)(=O)O)(OC(=O)C12CC3CC(CC(C3)C1)C2)C(F)(F)F. The van der Waals surface area contributed by atoms with Gasteiger partial charge < -0.3 is 14.2 Å². The maximum atomic E-state index is 14.3. The molecule has 0 aliphatic heterocycles.